The molecule has 0 saturated carbocycles. The van der Waals surface area contributed by atoms with Gasteiger partial charge >= 0.3 is 0 Å². The van der Waals surface area contributed by atoms with E-state index in [0.717, 1.165) is 22.5 Å². The van der Waals surface area contributed by atoms with Crippen molar-refractivity contribution >= 4 is 22.7 Å². The van der Waals surface area contributed by atoms with E-state index in [9.17, 15) is 9.18 Å². The highest BCUT2D eigenvalue weighted by atomic mass is 32.1. The zero-order valence-electron chi connectivity index (χ0n) is 21.5. The van der Waals surface area contributed by atoms with E-state index < -0.39 is 0 Å². The van der Waals surface area contributed by atoms with Crippen molar-refractivity contribution < 1.29 is 13.9 Å². The number of benzene rings is 3. The highest BCUT2D eigenvalue weighted by Crippen LogP contribution is 2.33. The number of rotatable bonds is 5. The van der Waals surface area contributed by atoms with Gasteiger partial charge in [0.1, 0.15) is 5.82 Å². The molecular formula is C29H24FN5O3S. The van der Waals surface area contributed by atoms with Crippen molar-refractivity contribution in [2.24, 2.45) is 17.1 Å². The van der Waals surface area contributed by atoms with Crippen LogP contribution in [0.25, 0.3) is 16.9 Å². The summed E-state index contributed by atoms with van der Waals surface area (Å²) < 4.78 is 29.7. The third-order valence-corrected chi connectivity index (χ3v) is 7.41. The number of hydrogen-bond donors (Lipinski definition) is 0. The molecule has 0 unspecified atom stereocenters. The topological polar surface area (TPSA) is 75.0 Å². The van der Waals surface area contributed by atoms with Crippen LogP contribution >= 0.6 is 11.3 Å². The molecule has 2 aromatic heterocycles. The molecule has 3 aromatic carbocycles. The summed E-state index contributed by atoms with van der Waals surface area (Å²) in [6, 6.07) is 21.3. The number of fused-ring (bicyclic) bond motifs is 1. The molecule has 0 aliphatic carbocycles. The van der Waals surface area contributed by atoms with Crippen molar-refractivity contribution in [3.8, 4) is 28.4 Å². The Bertz CT molecular complexity index is 1850. The molecule has 196 valence electrons. The molecule has 0 atom stereocenters. The van der Waals surface area contributed by atoms with Gasteiger partial charge in [-0.3, -0.25) is 9.48 Å². The molecular weight excluding hydrogens is 517 g/mol. The fourth-order valence-electron chi connectivity index (χ4n) is 4.40. The smallest absolute Gasteiger partial charge is 0.297 e. The fourth-order valence-corrected chi connectivity index (χ4v) is 5.24. The highest BCUT2D eigenvalue weighted by molar-refractivity contribution is 7.07. The van der Waals surface area contributed by atoms with Crippen LogP contribution in [-0.4, -0.2) is 26.5 Å². The summed E-state index contributed by atoms with van der Waals surface area (Å²) in [6.45, 7) is 3.93. The van der Waals surface area contributed by atoms with Gasteiger partial charge in [0.05, 0.1) is 22.8 Å². The van der Waals surface area contributed by atoms with Crippen molar-refractivity contribution in [3.05, 3.63) is 110 Å². The number of para-hydroxylation sites is 1. The molecule has 1 aliphatic heterocycles. The summed E-state index contributed by atoms with van der Waals surface area (Å²) >= 11 is 1.35. The van der Waals surface area contributed by atoms with Gasteiger partial charge in [-0.1, -0.05) is 18.2 Å². The molecule has 39 heavy (non-hydrogen) atoms. The van der Waals surface area contributed by atoms with Crippen LogP contribution in [0, 0.1) is 12.7 Å². The van der Waals surface area contributed by atoms with Gasteiger partial charge in [0, 0.05) is 23.6 Å². The lowest BCUT2D eigenvalue weighted by molar-refractivity contribution is 0.174. The maximum absolute atomic E-state index is 13.7. The van der Waals surface area contributed by atoms with Crippen LogP contribution in [0.2, 0.25) is 0 Å². The van der Waals surface area contributed by atoms with Crippen LogP contribution in [0.4, 0.5) is 10.1 Å². The predicted molar refractivity (Wildman–Crippen MR) is 149 cm³/mol. The zero-order chi connectivity index (χ0) is 27.1. The molecule has 1 aliphatic rings. The Kier molecular flexibility index (Phi) is 6.24. The lowest BCUT2D eigenvalue weighted by Gasteiger charge is -2.07. The molecule has 0 amide bonds. The van der Waals surface area contributed by atoms with Crippen LogP contribution in [0.1, 0.15) is 18.2 Å². The minimum Gasteiger partial charge on any atom is -0.454 e. The van der Waals surface area contributed by atoms with Crippen molar-refractivity contribution in [2.75, 3.05) is 6.79 Å². The van der Waals surface area contributed by atoms with Gasteiger partial charge in [-0.15, -0.1) is 11.3 Å². The molecule has 3 heterocycles. The van der Waals surface area contributed by atoms with E-state index >= 15 is 0 Å². The summed E-state index contributed by atoms with van der Waals surface area (Å²) in [5.74, 6) is 1.01. The molecule has 10 heteroatoms. The van der Waals surface area contributed by atoms with E-state index in [0.29, 0.717) is 33.4 Å². The Balaban J connectivity index is 1.53. The SMILES string of the molecule is CC(=Nn1c(-c2ccc(F)cc2)csc1=Nc1c(C)n(C)n(-c2ccccc2)c1=O)c1ccc2c(c1)OCO2. The first-order valence-corrected chi connectivity index (χ1v) is 13.1. The molecule has 0 spiro atoms. The van der Waals surface area contributed by atoms with E-state index in [-0.39, 0.29) is 18.2 Å². The predicted octanol–water partition coefficient (Wildman–Crippen LogP) is 5.39. The van der Waals surface area contributed by atoms with Crippen molar-refractivity contribution in [3.63, 3.8) is 0 Å². The van der Waals surface area contributed by atoms with Crippen LogP contribution in [0.5, 0.6) is 11.5 Å². The number of hydrogen-bond acceptors (Lipinski definition) is 6. The van der Waals surface area contributed by atoms with Crippen molar-refractivity contribution in [1.29, 1.82) is 0 Å². The number of aromatic nitrogens is 3. The molecule has 0 bridgehead atoms. The second kappa shape index (κ2) is 9.88. The number of thiazole rings is 1. The second-order valence-corrected chi connectivity index (χ2v) is 9.83. The summed E-state index contributed by atoms with van der Waals surface area (Å²) in [5.41, 5.74) is 4.57. The molecule has 0 N–H and O–H groups in total. The Morgan fingerprint density at radius 1 is 1.00 bits per heavy atom. The van der Waals surface area contributed by atoms with E-state index in [1.807, 2.05) is 74.8 Å². The quantitative estimate of drug-likeness (QED) is 0.280. The summed E-state index contributed by atoms with van der Waals surface area (Å²) in [6.07, 6.45) is 0. The van der Waals surface area contributed by atoms with Gasteiger partial charge in [-0.05, 0) is 68.4 Å². The minimum atomic E-state index is -0.327. The molecule has 0 saturated heterocycles. The van der Waals surface area contributed by atoms with E-state index in [1.54, 1.807) is 26.2 Å². The second-order valence-electron chi connectivity index (χ2n) is 9.00. The van der Waals surface area contributed by atoms with Gasteiger partial charge < -0.3 is 9.47 Å². The lowest BCUT2D eigenvalue weighted by Crippen LogP contribution is -2.20. The summed E-state index contributed by atoms with van der Waals surface area (Å²) in [7, 11) is 1.83. The Morgan fingerprint density at radius 2 is 1.74 bits per heavy atom. The van der Waals surface area contributed by atoms with Crippen LogP contribution in [-0.2, 0) is 7.05 Å². The Hall–Kier alpha value is -4.70. The average Bonchev–Trinajstić information content (AvgIpc) is 3.63. The normalized spacial score (nSPS) is 13.3. The standard InChI is InChI=1S/C29H24FN5O3S/c1-18(21-11-14-25-26(15-21)38-17-37-25)32-34-24(20-9-12-22(30)13-10-20)16-39-29(34)31-27-19(2)33(3)35(28(27)36)23-7-5-4-6-8-23/h4-16H,17H2,1-3H3. The molecule has 6 rings (SSSR count). The van der Waals surface area contributed by atoms with E-state index in [1.165, 1.54) is 23.5 Å². The highest BCUT2D eigenvalue weighted by Gasteiger charge is 2.18. The van der Waals surface area contributed by atoms with Gasteiger partial charge in [0.2, 0.25) is 11.6 Å². The van der Waals surface area contributed by atoms with Crippen molar-refractivity contribution in [1.82, 2.24) is 14.0 Å². The molecule has 5 aromatic rings. The van der Waals surface area contributed by atoms with Crippen LogP contribution in [0.15, 0.2) is 93.1 Å². The van der Waals surface area contributed by atoms with Gasteiger partial charge in [0.15, 0.2) is 17.2 Å². The monoisotopic (exact) mass is 541 g/mol. The Labute approximate surface area is 227 Å². The van der Waals surface area contributed by atoms with E-state index in [4.69, 9.17) is 19.6 Å². The van der Waals surface area contributed by atoms with Gasteiger partial charge in [-0.25, -0.2) is 18.7 Å². The largest absolute Gasteiger partial charge is 0.454 e. The Morgan fingerprint density at radius 3 is 2.51 bits per heavy atom. The molecule has 8 nitrogen and oxygen atoms in total. The first-order chi connectivity index (χ1) is 18.9. The summed E-state index contributed by atoms with van der Waals surface area (Å²) in [5, 5.41) is 6.80. The maximum atomic E-state index is 13.7. The van der Waals surface area contributed by atoms with Crippen molar-refractivity contribution in [2.45, 2.75) is 13.8 Å². The lowest BCUT2D eigenvalue weighted by atomic mass is 10.1. The third-order valence-electron chi connectivity index (χ3n) is 6.60. The van der Waals surface area contributed by atoms with Crippen LogP contribution in [0.3, 0.4) is 0 Å². The minimum absolute atomic E-state index is 0.183. The number of ether oxygens (including phenoxy) is 2. The molecule has 0 fully saturated rings. The third kappa shape index (κ3) is 4.48. The maximum Gasteiger partial charge on any atom is 0.297 e. The van der Waals surface area contributed by atoms with Gasteiger partial charge in [-0.2, -0.15) is 5.10 Å². The van der Waals surface area contributed by atoms with Gasteiger partial charge in [0.25, 0.3) is 5.56 Å². The van der Waals surface area contributed by atoms with Crippen LogP contribution < -0.4 is 19.8 Å². The first-order valence-electron chi connectivity index (χ1n) is 12.2. The number of nitrogens with zero attached hydrogens (tertiary/aromatic N) is 5. The zero-order valence-corrected chi connectivity index (χ0v) is 22.3. The number of halogens is 1. The molecule has 0 radical (unpaired) electrons. The first kappa shape index (κ1) is 24.6. The fraction of sp³-hybridized carbons (Fsp3) is 0.138. The van der Waals surface area contributed by atoms with E-state index in [2.05, 4.69) is 0 Å². The average molecular weight is 542 g/mol. The summed E-state index contributed by atoms with van der Waals surface area (Å²) in [4.78, 5) is 18.9.